The van der Waals surface area contributed by atoms with Crippen LogP contribution in [0.3, 0.4) is 0 Å². The lowest BCUT2D eigenvalue weighted by atomic mass is 10.1. The predicted molar refractivity (Wildman–Crippen MR) is 94.6 cm³/mol. The van der Waals surface area contributed by atoms with E-state index in [1.807, 2.05) is 20.8 Å². The maximum absolute atomic E-state index is 12.5. The quantitative estimate of drug-likeness (QED) is 0.732. The molecule has 0 bridgehead atoms. The number of carbonyl (C=O) groups is 3. The van der Waals surface area contributed by atoms with Crippen LogP contribution in [0.5, 0.6) is 5.75 Å². The van der Waals surface area contributed by atoms with Gasteiger partial charge in [0.25, 0.3) is 5.91 Å². The molecular weight excluding hydrogens is 320 g/mol. The van der Waals surface area contributed by atoms with Crippen molar-refractivity contribution in [1.82, 2.24) is 10.2 Å². The lowest BCUT2D eigenvalue weighted by Crippen LogP contribution is -2.47. The van der Waals surface area contributed by atoms with Crippen molar-refractivity contribution in [3.8, 4) is 5.75 Å². The maximum atomic E-state index is 12.5. The molecule has 1 aromatic carbocycles. The topological polar surface area (TPSA) is 75.7 Å². The van der Waals surface area contributed by atoms with Gasteiger partial charge in [0, 0.05) is 37.0 Å². The first-order valence-corrected chi connectivity index (χ1v) is 8.75. The highest BCUT2D eigenvalue weighted by Crippen LogP contribution is 2.15. The Labute approximate surface area is 148 Å². The summed E-state index contributed by atoms with van der Waals surface area (Å²) >= 11 is 0. The highest BCUT2D eigenvalue weighted by molar-refractivity contribution is 5.95. The Morgan fingerprint density at radius 3 is 2.48 bits per heavy atom. The van der Waals surface area contributed by atoms with Crippen molar-refractivity contribution in [1.29, 1.82) is 0 Å². The summed E-state index contributed by atoms with van der Waals surface area (Å²) in [4.78, 5) is 37.1. The predicted octanol–water partition coefficient (Wildman–Crippen LogP) is 2.17. The normalized spacial score (nSPS) is 16.6. The highest BCUT2D eigenvalue weighted by atomic mass is 16.5. The number of ketones is 1. The second-order valence-corrected chi connectivity index (χ2v) is 6.53. The first-order chi connectivity index (χ1) is 11.9. The number of Topliss-reactive ketones (excluding diaryl/α,β-unsaturated/α-hetero) is 1. The summed E-state index contributed by atoms with van der Waals surface area (Å²) in [5.41, 5.74) is 0.641. The van der Waals surface area contributed by atoms with Crippen molar-refractivity contribution in [2.24, 2.45) is 0 Å². The minimum absolute atomic E-state index is 0.0122. The van der Waals surface area contributed by atoms with E-state index in [4.69, 9.17) is 4.74 Å². The van der Waals surface area contributed by atoms with Gasteiger partial charge in [0.05, 0.1) is 0 Å². The summed E-state index contributed by atoms with van der Waals surface area (Å²) in [6.07, 6.45) is 1.73. The van der Waals surface area contributed by atoms with Gasteiger partial charge in [-0.1, -0.05) is 6.92 Å². The third-order valence-electron chi connectivity index (χ3n) is 4.31. The van der Waals surface area contributed by atoms with E-state index in [9.17, 15) is 14.4 Å². The Morgan fingerprint density at radius 2 is 1.96 bits per heavy atom. The molecule has 0 radical (unpaired) electrons. The summed E-state index contributed by atoms with van der Waals surface area (Å²) in [7, 11) is 0. The second-order valence-electron chi connectivity index (χ2n) is 6.53. The SMILES string of the molecule is CCC(=O)c1ccc(OCC(=O)N(C[C@@H]2CCC(=O)N2)C(C)C)cc1. The Morgan fingerprint density at radius 1 is 1.28 bits per heavy atom. The zero-order chi connectivity index (χ0) is 18.4. The number of hydrogen-bond acceptors (Lipinski definition) is 4. The summed E-state index contributed by atoms with van der Waals surface area (Å²) in [5, 5.41) is 2.88. The molecule has 0 aliphatic carbocycles. The largest absolute Gasteiger partial charge is 0.484 e. The molecule has 6 heteroatoms. The van der Waals surface area contributed by atoms with Crippen LogP contribution in [-0.4, -0.2) is 47.7 Å². The number of nitrogens with one attached hydrogen (secondary N) is 1. The van der Waals surface area contributed by atoms with Gasteiger partial charge in [0.2, 0.25) is 5.91 Å². The molecule has 25 heavy (non-hydrogen) atoms. The number of amides is 2. The average Bonchev–Trinajstić information content (AvgIpc) is 3.02. The van der Waals surface area contributed by atoms with Crippen molar-refractivity contribution in [2.45, 2.75) is 52.1 Å². The molecule has 1 aromatic rings. The molecule has 1 fully saturated rings. The minimum atomic E-state index is -0.120. The van der Waals surface area contributed by atoms with Crippen molar-refractivity contribution in [2.75, 3.05) is 13.2 Å². The standard InChI is InChI=1S/C19H26N2O4/c1-4-17(22)14-5-8-16(9-6-14)25-12-19(24)21(13(2)3)11-15-7-10-18(23)20-15/h5-6,8-9,13,15H,4,7,10-12H2,1-3H3,(H,20,23)/t15-/m0/s1. The van der Waals surface area contributed by atoms with Gasteiger partial charge in [-0.15, -0.1) is 0 Å². The van der Waals surface area contributed by atoms with E-state index in [1.54, 1.807) is 29.2 Å². The Balaban J connectivity index is 1.90. The minimum Gasteiger partial charge on any atom is -0.484 e. The van der Waals surface area contributed by atoms with Gasteiger partial charge in [-0.05, 0) is 44.5 Å². The zero-order valence-corrected chi connectivity index (χ0v) is 15.1. The third kappa shape index (κ3) is 5.31. The molecule has 2 amide bonds. The second kappa shape index (κ2) is 8.65. The lowest BCUT2D eigenvalue weighted by Gasteiger charge is -2.29. The van der Waals surface area contributed by atoms with Crippen LogP contribution < -0.4 is 10.1 Å². The van der Waals surface area contributed by atoms with Gasteiger partial charge in [0.1, 0.15) is 5.75 Å². The molecule has 6 nitrogen and oxygen atoms in total. The number of nitrogens with zero attached hydrogens (tertiary/aromatic N) is 1. The summed E-state index contributed by atoms with van der Waals surface area (Å²) in [6.45, 7) is 6.13. The van der Waals surface area contributed by atoms with Crippen molar-refractivity contribution >= 4 is 17.6 Å². The molecule has 1 aliphatic heterocycles. The first-order valence-electron chi connectivity index (χ1n) is 8.75. The fourth-order valence-corrected chi connectivity index (χ4v) is 2.82. The fourth-order valence-electron chi connectivity index (χ4n) is 2.82. The number of benzene rings is 1. The number of ether oxygens (including phenoxy) is 1. The van der Waals surface area contributed by atoms with Crippen molar-refractivity contribution in [3.05, 3.63) is 29.8 Å². The molecule has 0 saturated carbocycles. The van der Waals surface area contributed by atoms with Crippen LogP contribution in [-0.2, 0) is 9.59 Å². The summed E-state index contributed by atoms with van der Waals surface area (Å²) < 4.78 is 5.56. The van der Waals surface area contributed by atoms with Crippen LogP contribution in [0.1, 0.15) is 50.4 Å². The lowest BCUT2D eigenvalue weighted by molar-refractivity contribution is -0.135. The molecule has 1 N–H and O–H groups in total. The summed E-state index contributed by atoms with van der Waals surface area (Å²) in [6, 6.07) is 6.86. The molecule has 0 aromatic heterocycles. The van der Waals surface area contributed by atoms with Gasteiger partial charge in [-0.25, -0.2) is 0 Å². The number of carbonyl (C=O) groups excluding carboxylic acids is 3. The fraction of sp³-hybridized carbons (Fsp3) is 0.526. The molecular formula is C19H26N2O4. The van der Waals surface area contributed by atoms with E-state index < -0.39 is 0 Å². The molecule has 1 aliphatic rings. The van der Waals surface area contributed by atoms with Crippen LogP contribution >= 0.6 is 0 Å². The van der Waals surface area contributed by atoms with Gasteiger partial charge in [-0.3, -0.25) is 14.4 Å². The Hall–Kier alpha value is -2.37. The van der Waals surface area contributed by atoms with Crippen LogP contribution in [0.4, 0.5) is 0 Å². The van der Waals surface area contributed by atoms with E-state index in [1.165, 1.54) is 0 Å². The summed E-state index contributed by atoms with van der Waals surface area (Å²) in [5.74, 6) is 0.551. The Bertz CT molecular complexity index is 625. The molecule has 1 heterocycles. The average molecular weight is 346 g/mol. The van der Waals surface area contributed by atoms with Crippen LogP contribution in [0.15, 0.2) is 24.3 Å². The molecule has 1 saturated heterocycles. The molecule has 0 spiro atoms. The van der Waals surface area contributed by atoms with Crippen LogP contribution in [0, 0.1) is 0 Å². The zero-order valence-electron chi connectivity index (χ0n) is 15.1. The van der Waals surface area contributed by atoms with Crippen LogP contribution in [0.2, 0.25) is 0 Å². The van der Waals surface area contributed by atoms with Gasteiger partial charge in [0.15, 0.2) is 12.4 Å². The molecule has 0 unspecified atom stereocenters. The van der Waals surface area contributed by atoms with Crippen molar-refractivity contribution in [3.63, 3.8) is 0 Å². The smallest absolute Gasteiger partial charge is 0.260 e. The van der Waals surface area contributed by atoms with E-state index in [2.05, 4.69) is 5.32 Å². The van der Waals surface area contributed by atoms with Crippen molar-refractivity contribution < 1.29 is 19.1 Å². The van der Waals surface area contributed by atoms with E-state index in [0.717, 1.165) is 6.42 Å². The number of rotatable bonds is 8. The molecule has 2 rings (SSSR count). The van der Waals surface area contributed by atoms with Gasteiger partial charge >= 0.3 is 0 Å². The maximum Gasteiger partial charge on any atom is 0.260 e. The van der Waals surface area contributed by atoms with Crippen LogP contribution in [0.25, 0.3) is 0 Å². The first kappa shape index (κ1) is 19.0. The highest BCUT2D eigenvalue weighted by Gasteiger charge is 2.26. The van der Waals surface area contributed by atoms with E-state index in [-0.39, 0.29) is 36.3 Å². The van der Waals surface area contributed by atoms with E-state index >= 15 is 0 Å². The van der Waals surface area contributed by atoms with E-state index in [0.29, 0.717) is 30.7 Å². The van der Waals surface area contributed by atoms with Gasteiger partial charge in [-0.2, -0.15) is 0 Å². The monoisotopic (exact) mass is 346 g/mol. The van der Waals surface area contributed by atoms with Gasteiger partial charge < -0.3 is 15.0 Å². The number of hydrogen-bond donors (Lipinski definition) is 1. The Kier molecular flexibility index (Phi) is 6.56. The molecule has 1 atom stereocenters. The molecule has 136 valence electrons. The third-order valence-corrected chi connectivity index (χ3v) is 4.31.